The van der Waals surface area contributed by atoms with Crippen LogP contribution in [0.2, 0.25) is 0 Å². The Labute approximate surface area is 154 Å². The van der Waals surface area contributed by atoms with Crippen LogP contribution in [0.5, 0.6) is 0 Å². The first kappa shape index (κ1) is 18.1. The van der Waals surface area contributed by atoms with E-state index in [2.05, 4.69) is 63.4 Å². The van der Waals surface area contributed by atoms with Crippen LogP contribution in [0.3, 0.4) is 0 Å². The van der Waals surface area contributed by atoms with Gasteiger partial charge in [-0.25, -0.2) is 9.97 Å². The third-order valence-electron chi connectivity index (χ3n) is 4.75. The van der Waals surface area contributed by atoms with Gasteiger partial charge in [-0.2, -0.15) is 0 Å². The Hall–Kier alpha value is -2.66. The summed E-state index contributed by atoms with van der Waals surface area (Å²) >= 11 is 0. The predicted molar refractivity (Wildman–Crippen MR) is 109 cm³/mol. The third kappa shape index (κ3) is 3.35. The summed E-state index contributed by atoms with van der Waals surface area (Å²) in [6, 6.07) is 11.3. The average Bonchev–Trinajstić information content (AvgIpc) is 3.20. The Balaban J connectivity index is 0.00000196. The van der Waals surface area contributed by atoms with Crippen LogP contribution in [-0.2, 0) is 6.54 Å². The molecule has 0 amide bonds. The highest BCUT2D eigenvalue weighted by molar-refractivity contribution is 5.94. The van der Waals surface area contributed by atoms with Crippen LogP contribution in [0.25, 0.3) is 33.3 Å². The Bertz CT molecular complexity index is 1030. The molecule has 0 aliphatic carbocycles. The molecular formula is C21H27N5. The molecule has 0 saturated carbocycles. The second kappa shape index (κ2) is 7.30. The van der Waals surface area contributed by atoms with Gasteiger partial charge >= 0.3 is 0 Å². The Morgan fingerprint density at radius 1 is 1.15 bits per heavy atom. The van der Waals surface area contributed by atoms with Crippen molar-refractivity contribution >= 4 is 22.1 Å². The summed E-state index contributed by atoms with van der Waals surface area (Å²) in [6.07, 6.45) is 2.95. The van der Waals surface area contributed by atoms with E-state index in [1.807, 2.05) is 19.2 Å². The monoisotopic (exact) mass is 349 g/mol. The molecule has 0 unspecified atom stereocenters. The van der Waals surface area contributed by atoms with Crippen molar-refractivity contribution in [3.63, 3.8) is 0 Å². The molecule has 5 nitrogen and oxygen atoms in total. The fourth-order valence-corrected chi connectivity index (χ4v) is 3.12. The third-order valence-corrected chi connectivity index (χ3v) is 4.75. The highest BCUT2D eigenvalue weighted by atomic mass is 15.0. The number of rotatable bonds is 5. The summed E-state index contributed by atoms with van der Waals surface area (Å²) in [6.45, 7) is 7.26. The van der Waals surface area contributed by atoms with Gasteiger partial charge in [0.15, 0.2) is 5.65 Å². The molecule has 0 aliphatic rings. The van der Waals surface area contributed by atoms with E-state index in [1.54, 1.807) is 0 Å². The first-order valence-corrected chi connectivity index (χ1v) is 8.80. The van der Waals surface area contributed by atoms with Crippen LogP contribution in [0, 0.1) is 6.92 Å². The number of aromatic amines is 2. The van der Waals surface area contributed by atoms with Gasteiger partial charge in [0.05, 0.1) is 5.52 Å². The summed E-state index contributed by atoms with van der Waals surface area (Å²) in [5.41, 5.74) is 6.36. The summed E-state index contributed by atoms with van der Waals surface area (Å²) in [5, 5.41) is 4.77. The largest absolute Gasteiger partial charge is 0.354 e. The standard InChI is InChI=1S/C20H23N5.CH4/c1-4-12(2)22-11-14-5-6-17-15(9-14)10-18(25-17)16-7-8-21-20-19(16)23-13(3)24-20;/h5-10,12,22,25H,4,11H2,1-3H3,(H,21,23,24);1H4/t12-;/m0./s1. The first-order chi connectivity index (χ1) is 12.1. The molecule has 1 aromatic carbocycles. The van der Waals surface area contributed by atoms with Crippen molar-refractivity contribution in [1.82, 2.24) is 25.3 Å². The molecule has 4 rings (SSSR count). The van der Waals surface area contributed by atoms with Gasteiger partial charge < -0.3 is 15.3 Å². The number of nitrogens with one attached hydrogen (secondary N) is 3. The SMILES string of the molecule is C.CC[C@H](C)NCc1ccc2[nH]c(-c3ccnc4nc(C)[nH]c34)cc2c1. The maximum atomic E-state index is 4.43. The van der Waals surface area contributed by atoms with Crippen molar-refractivity contribution < 1.29 is 0 Å². The lowest BCUT2D eigenvalue weighted by Crippen LogP contribution is -2.24. The van der Waals surface area contributed by atoms with E-state index < -0.39 is 0 Å². The second-order valence-corrected chi connectivity index (χ2v) is 6.67. The second-order valence-electron chi connectivity index (χ2n) is 6.67. The molecule has 0 saturated heterocycles. The van der Waals surface area contributed by atoms with Crippen molar-refractivity contribution in [3.05, 3.63) is 47.9 Å². The fourth-order valence-electron chi connectivity index (χ4n) is 3.12. The topological polar surface area (TPSA) is 69.4 Å². The Morgan fingerprint density at radius 3 is 2.81 bits per heavy atom. The molecule has 5 heteroatoms. The maximum Gasteiger partial charge on any atom is 0.178 e. The van der Waals surface area contributed by atoms with E-state index in [0.717, 1.165) is 46.7 Å². The molecular weight excluding hydrogens is 322 g/mol. The van der Waals surface area contributed by atoms with Crippen LogP contribution in [0.15, 0.2) is 36.5 Å². The summed E-state index contributed by atoms with van der Waals surface area (Å²) in [5.74, 6) is 0.879. The van der Waals surface area contributed by atoms with Crippen LogP contribution in [0.4, 0.5) is 0 Å². The quantitative estimate of drug-likeness (QED) is 0.478. The number of H-pyrrole nitrogens is 2. The van der Waals surface area contributed by atoms with Crippen molar-refractivity contribution in [2.75, 3.05) is 0 Å². The van der Waals surface area contributed by atoms with E-state index in [1.165, 1.54) is 10.9 Å². The zero-order valence-corrected chi connectivity index (χ0v) is 14.9. The maximum absolute atomic E-state index is 4.43. The summed E-state index contributed by atoms with van der Waals surface area (Å²) in [4.78, 5) is 15.6. The number of benzene rings is 1. The highest BCUT2D eigenvalue weighted by Gasteiger charge is 2.11. The van der Waals surface area contributed by atoms with Crippen LogP contribution >= 0.6 is 0 Å². The number of fused-ring (bicyclic) bond motifs is 2. The lowest BCUT2D eigenvalue weighted by molar-refractivity contribution is 0.534. The minimum absolute atomic E-state index is 0. The van der Waals surface area contributed by atoms with Crippen molar-refractivity contribution in [2.45, 2.75) is 47.2 Å². The van der Waals surface area contributed by atoms with E-state index >= 15 is 0 Å². The van der Waals surface area contributed by atoms with Gasteiger partial charge in [0.2, 0.25) is 0 Å². The van der Waals surface area contributed by atoms with E-state index in [-0.39, 0.29) is 7.43 Å². The summed E-state index contributed by atoms with van der Waals surface area (Å²) in [7, 11) is 0. The smallest absolute Gasteiger partial charge is 0.178 e. The fraction of sp³-hybridized carbons (Fsp3) is 0.333. The molecule has 1 atom stereocenters. The Kier molecular flexibility index (Phi) is 5.09. The zero-order valence-electron chi connectivity index (χ0n) is 14.9. The molecule has 4 aromatic rings. The van der Waals surface area contributed by atoms with Crippen LogP contribution < -0.4 is 5.32 Å². The van der Waals surface area contributed by atoms with Gasteiger partial charge in [-0.05, 0) is 50.1 Å². The van der Waals surface area contributed by atoms with E-state index in [9.17, 15) is 0 Å². The molecule has 0 radical (unpaired) electrons. The van der Waals surface area contributed by atoms with Gasteiger partial charge in [-0.1, -0.05) is 20.4 Å². The molecule has 0 bridgehead atoms. The first-order valence-electron chi connectivity index (χ1n) is 8.80. The molecule has 26 heavy (non-hydrogen) atoms. The number of hydrogen-bond acceptors (Lipinski definition) is 3. The van der Waals surface area contributed by atoms with Crippen molar-refractivity contribution in [2.24, 2.45) is 0 Å². The Morgan fingerprint density at radius 2 is 2.00 bits per heavy atom. The normalized spacial score (nSPS) is 12.4. The molecule has 0 aliphatic heterocycles. The number of imidazole rings is 1. The van der Waals surface area contributed by atoms with Gasteiger partial charge in [-0.3, -0.25) is 0 Å². The number of aromatic nitrogens is 4. The number of nitrogens with zero attached hydrogens (tertiary/aromatic N) is 2. The van der Waals surface area contributed by atoms with E-state index in [0.29, 0.717) is 6.04 Å². The minimum atomic E-state index is 0. The predicted octanol–water partition coefficient (Wildman–Crippen LogP) is 4.94. The number of pyridine rings is 1. The van der Waals surface area contributed by atoms with Crippen LogP contribution in [0.1, 0.15) is 39.1 Å². The van der Waals surface area contributed by atoms with Gasteiger partial charge in [0.25, 0.3) is 0 Å². The van der Waals surface area contributed by atoms with Gasteiger partial charge in [0, 0.05) is 40.9 Å². The minimum Gasteiger partial charge on any atom is -0.354 e. The molecule has 3 heterocycles. The van der Waals surface area contributed by atoms with Gasteiger partial charge in [0.1, 0.15) is 5.82 Å². The zero-order chi connectivity index (χ0) is 17.4. The van der Waals surface area contributed by atoms with Crippen molar-refractivity contribution in [1.29, 1.82) is 0 Å². The van der Waals surface area contributed by atoms with Gasteiger partial charge in [-0.15, -0.1) is 0 Å². The molecule has 3 aromatic heterocycles. The summed E-state index contributed by atoms with van der Waals surface area (Å²) < 4.78 is 0. The van der Waals surface area contributed by atoms with Crippen LogP contribution in [-0.4, -0.2) is 26.0 Å². The molecule has 3 N–H and O–H groups in total. The lowest BCUT2D eigenvalue weighted by atomic mass is 10.1. The number of hydrogen-bond donors (Lipinski definition) is 3. The van der Waals surface area contributed by atoms with Crippen molar-refractivity contribution in [3.8, 4) is 11.3 Å². The van der Waals surface area contributed by atoms with E-state index in [4.69, 9.17) is 0 Å². The molecule has 0 fully saturated rings. The molecule has 136 valence electrons. The highest BCUT2D eigenvalue weighted by Crippen LogP contribution is 2.29. The molecule has 0 spiro atoms. The number of aryl methyl sites for hydroxylation is 1. The lowest BCUT2D eigenvalue weighted by Gasteiger charge is -2.11. The average molecular weight is 349 g/mol.